The lowest BCUT2D eigenvalue weighted by Crippen LogP contribution is -2.56. The van der Waals surface area contributed by atoms with Crippen LogP contribution in [0.5, 0.6) is 11.5 Å². The highest BCUT2D eigenvalue weighted by molar-refractivity contribution is 5.56. The van der Waals surface area contributed by atoms with Crippen molar-refractivity contribution in [2.45, 2.75) is 25.4 Å². The zero-order valence-corrected chi connectivity index (χ0v) is 17.5. The van der Waals surface area contributed by atoms with Crippen LogP contribution in [0.15, 0.2) is 97.1 Å². The van der Waals surface area contributed by atoms with Gasteiger partial charge >= 0.3 is 0 Å². The Bertz CT molecular complexity index is 1180. The standard InChI is InChI=1S/C28H22O3/c1-19-13-15-25-23(17-19)27(21-9-5-3-6-10-21)30-26-16-14-20(2)18-24(26)28(29-25,31-27)22-11-7-4-8-12-22/h3-18H,1-2H3. The van der Waals surface area contributed by atoms with Gasteiger partial charge in [0.25, 0.3) is 11.6 Å². The van der Waals surface area contributed by atoms with Crippen molar-refractivity contribution in [3.63, 3.8) is 0 Å². The van der Waals surface area contributed by atoms with Crippen LogP contribution in [-0.2, 0) is 16.3 Å². The average Bonchev–Trinajstić information content (AvgIpc) is 2.81. The van der Waals surface area contributed by atoms with Crippen LogP contribution in [-0.4, -0.2) is 0 Å². The van der Waals surface area contributed by atoms with Gasteiger partial charge in [-0.25, -0.2) is 0 Å². The Kier molecular flexibility index (Phi) is 3.80. The van der Waals surface area contributed by atoms with Crippen molar-refractivity contribution < 1.29 is 14.2 Å². The molecule has 2 unspecified atom stereocenters. The van der Waals surface area contributed by atoms with Crippen LogP contribution in [0.3, 0.4) is 0 Å². The molecule has 0 amide bonds. The number of rotatable bonds is 2. The highest BCUT2D eigenvalue weighted by Crippen LogP contribution is 2.58. The van der Waals surface area contributed by atoms with Crippen molar-refractivity contribution >= 4 is 0 Å². The van der Waals surface area contributed by atoms with Crippen LogP contribution >= 0.6 is 0 Å². The highest BCUT2D eigenvalue weighted by Gasteiger charge is 2.59. The van der Waals surface area contributed by atoms with E-state index in [1.54, 1.807) is 0 Å². The van der Waals surface area contributed by atoms with E-state index in [0.29, 0.717) is 0 Å². The van der Waals surface area contributed by atoms with Gasteiger partial charge in [-0.3, -0.25) is 4.74 Å². The van der Waals surface area contributed by atoms with Gasteiger partial charge in [0.1, 0.15) is 11.5 Å². The fourth-order valence-corrected chi connectivity index (χ4v) is 4.62. The zero-order valence-electron chi connectivity index (χ0n) is 17.5. The van der Waals surface area contributed by atoms with Gasteiger partial charge in [0.05, 0.1) is 11.1 Å². The van der Waals surface area contributed by atoms with E-state index in [-0.39, 0.29) is 0 Å². The molecule has 3 heteroatoms. The minimum Gasteiger partial charge on any atom is -0.453 e. The lowest BCUT2D eigenvalue weighted by atomic mass is 9.86. The number of fused-ring (bicyclic) bond motifs is 6. The summed E-state index contributed by atoms with van der Waals surface area (Å²) in [5.41, 5.74) is 5.83. The Morgan fingerprint density at radius 3 is 1.35 bits per heavy atom. The first-order valence-electron chi connectivity index (χ1n) is 10.5. The van der Waals surface area contributed by atoms with Crippen LogP contribution < -0.4 is 9.47 Å². The summed E-state index contributed by atoms with van der Waals surface area (Å²) in [7, 11) is 0. The fraction of sp³-hybridized carbons (Fsp3) is 0.143. The first-order valence-corrected chi connectivity index (χ1v) is 10.5. The van der Waals surface area contributed by atoms with E-state index in [1.807, 2.05) is 72.8 Å². The molecule has 2 atom stereocenters. The third-order valence-corrected chi connectivity index (χ3v) is 6.08. The summed E-state index contributed by atoms with van der Waals surface area (Å²) in [4.78, 5) is 0. The summed E-state index contributed by atoms with van der Waals surface area (Å²) >= 11 is 0. The molecule has 0 fully saturated rings. The lowest BCUT2D eigenvalue weighted by Gasteiger charge is -2.52. The number of hydrogen-bond donors (Lipinski definition) is 0. The summed E-state index contributed by atoms with van der Waals surface area (Å²) in [6, 6.07) is 32.6. The third-order valence-electron chi connectivity index (χ3n) is 6.08. The van der Waals surface area contributed by atoms with E-state index in [2.05, 4.69) is 38.1 Å². The molecular formula is C28H22O3. The molecular weight excluding hydrogens is 384 g/mol. The van der Waals surface area contributed by atoms with Crippen LogP contribution in [0.4, 0.5) is 0 Å². The molecule has 0 N–H and O–H groups in total. The van der Waals surface area contributed by atoms with E-state index < -0.39 is 11.6 Å². The Hall–Kier alpha value is -3.56. The van der Waals surface area contributed by atoms with Gasteiger partial charge in [-0.1, -0.05) is 83.9 Å². The van der Waals surface area contributed by atoms with Crippen LogP contribution in [0, 0.1) is 13.8 Å². The van der Waals surface area contributed by atoms with Crippen molar-refractivity contribution in [1.82, 2.24) is 0 Å². The number of ether oxygens (including phenoxy) is 3. The highest BCUT2D eigenvalue weighted by atomic mass is 16.8. The van der Waals surface area contributed by atoms with Crippen molar-refractivity contribution in [3.05, 3.63) is 130 Å². The van der Waals surface area contributed by atoms with Crippen LogP contribution in [0.1, 0.15) is 33.4 Å². The Balaban J connectivity index is 1.73. The number of hydrogen-bond acceptors (Lipinski definition) is 3. The molecule has 3 nitrogen and oxygen atoms in total. The van der Waals surface area contributed by atoms with Gasteiger partial charge < -0.3 is 9.47 Å². The molecule has 2 aliphatic heterocycles. The first kappa shape index (κ1) is 18.2. The molecule has 0 aliphatic carbocycles. The van der Waals surface area contributed by atoms with Crippen molar-refractivity contribution in [2.24, 2.45) is 0 Å². The SMILES string of the molecule is Cc1ccc2c(c1)C1(c3ccccc3)Oc3ccc(C)cc3C(c3ccccc3)(O2)O1. The van der Waals surface area contributed by atoms with E-state index in [0.717, 1.165) is 44.9 Å². The van der Waals surface area contributed by atoms with Crippen LogP contribution in [0.2, 0.25) is 0 Å². The van der Waals surface area contributed by atoms with Crippen molar-refractivity contribution in [1.29, 1.82) is 0 Å². The molecule has 0 saturated heterocycles. The van der Waals surface area contributed by atoms with E-state index in [4.69, 9.17) is 14.2 Å². The summed E-state index contributed by atoms with van der Waals surface area (Å²) in [6.45, 7) is 4.14. The van der Waals surface area contributed by atoms with Gasteiger partial charge in [0.15, 0.2) is 0 Å². The summed E-state index contributed by atoms with van der Waals surface area (Å²) in [5.74, 6) is -0.730. The van der Waals surface area contributed by atoms with Gasteiger partial charge in [-0.2, -0.15) is 0 Å². The van der Waals surface area contributed by atoms with Gasteiger partial charge in [-0.05, 0) is 38.1 Å². The Labute approximate surface area is 181 Å². The molecule has 4 aromatic carbocycles. The van der Waals surface area contributed by atoms with Crippen LogP contribution in [0.25, 0.3) is 0 Å². The van der Waals surface area contributed by atoms with Gasteiger partial charge in [-0.15, -0.1) is 0 Å². The molecule has 2 heterocycles. The van der Waals surface area contributed by atoms with Gasteiger partial charge in [0, 0.05) is 11.1 Å². The second-order valence-corrected chi connectivity index (χ2v) is 8.27. The maximum atomic E-state index is 6.99. The molecule has 6 rings (SSSR count). The summed E-state index contributed by atoms with van der Waals surface area (Å²) in [6.07, 6.45) is 0. The molecule has 152 valence electrons. The minimum absolute atomic E-state index is 0.761. The Morgan fingerprint density at radius 1 is 0.516 bits per heavy atom. The quantitative estimate of drug-likeness (QED) is 0.396. The lowest BCUT2D eigenvalue weighted by molar-refractivity contribution is -0.322. The molecule has 2 bridgehead atoms. The number of benzene rings is 4. The summed E-state index contributed by atoms with van der Waals surface area (Å²) in [5, 5.41) is 0. The predicted molar refractivity (Wildman–Crippen MR) is 119 cm³/mol. The molecule has 4 aromatic rings. The second kappa shape index (κ2) is 6.47. The largest absolute Gasteiger partial charge is 0.453 e. The third kappa shape index (κ3) is 2.57. The van der Waals surface area contributed by atoms with E-state index in [9.17, 15) is 0 Å². The fourth-order valence-electron chi connectivity index (χ4n) is 4.62. The smallest absolute Gasteiger partial charge is 0.271 e. The molecule has 31 heavy (non-hydrogen) atoms. The maximum Gasteiger partial charge on any atom is 0.271 e. The van der Waals surface area contributed by atoms with E-state index in [1.165, 1.54) is 0 Å². The van der Waals surface area contributed by atoms with E-state index >= 15 is 0 Å². The average molecular weight is 406 g/mol. The normalized spacial score (nSPS) is 23.2. The molecule has 0 radical (unpaired) electrons. The van der Waals surface area contributed by atoms with Crippen molar-refractivity contribution in [3.8, 4) is 11.5 Å². The monoisotopic (exact) mass is 406 g/mol. The summed E-state index contributed by atoms with van der Waals surface area (Å²) < 4.78 is 20.5. The Morgan fingerprint density at radius 2 is 0.935 bits per heavy atom. The minimum atomic E-state index is -1.13. The maximum absolute atomic E-state index is 6.99. The topological polar surface area (TPSA) is 27.7 Å². The number of aryl methyl sites for hydroxylation is 2. The van der Waals surface area contributed by atoms with Gasteiger partial charge in [0.2, 0.25) is 0 Å². The molecule has 0 saturated carbocycles. The molecule has 0 spiro atoms. The molecule has 0 aromatic heterocycles. The molecule has 2 aliphatic rings. The first-order chi connectivity index (χ1) is 15.1. The zero-order chi connectivity index (χ0) is 21.1. The predicted octanol–water partition coefficient (Wildman–Crippen LogP) is 6.21. The van der Waals surface area contributed by atoms with Crippen molar-refractivity contribution in [2.75, 3.05) is 0 Å². The second-order valence-electron chi connectivity index (χ2n) is 8.27.